The van der Waals surface area contributed by atoms with E-state index in [2.05, 4.69) is 16.4 Å². The number of rotatable bonds is 3. The Bertz CT molecular complexity index is 622. The van der Waals surface area contributed by atoms with E-state index in [0.717, 1.165) is 24.1 Å². The summed E-state index contributed by atoms with van der Waals surface area (Å²) >= 11 is 5.96. The van der Waals surface area contributed by atoms with Gasteiger partial charge in [0.15, 0.2) is 5.69 Å². The van der Waals surface area contributed by atoms with Crippen molar-refractivity contribution in [1.29, 1.82) is 5.26 Å². The molecule has 0 spiro atoms. The quantitative estimate of drug-likeness (QED) is 0.851. The Balaban J connectivity index is 1.93. The van der Waals surface area contributed by atoms with Gasteiger partial charge < -0.3 is 0 Å². The van der Waals surface area contributed by atoms with Crippen LogP contribution in [0.2, 0.25) is 5.02 Å². The van der Waals surface area contributed by atoms with Gasteiger partial charge in [-0.05, 0) is 30.5 Å². The normalized spacial score (nSPS) is 14.4. The highest BCUT2D eigenvalue weighted by molar-refractivity contribution is 6.30. The fraction of sp³-hybridized carbons (Fsp3) is 0.308. The van der Waals surface area contributed by atoms with E-state index in [1.54, 1.807) is 0 Å². The third-order valence-corrected chi connectivity index (χ3v) is 3.30. The van der Waals surface area contributed by atoms with Crippen molar-refractivity contribution in [3.63, 3.8) is 0 Å². The molecule has 5 heteroatoms. The Morgan fingerprint density at radius 1 is 1.44 bits per heavy atom. The molecule has 0 radical (unpaired) electrons. The fourth-order valence-electron chi connectivity index (χ4n) is 2.09. The van der Waals surface area contributed by atoms with E-state index in [1.165, 1.54) is 0 Å². The minimum atomic E-state index is 0.453. The lowest BCUT2D eigenvalue weighted by Gasteiger charge is -2.05. The third-order valence-electron chi connectivity index (χ3n) is 3.06. The summed E-state index contributed by atoms with van der Waals surface area (Å²) in [6, 6.07) is 9.77. The molecule has 90 valence electrons. The second kappa shape index (κ2) is 4.43. The zero-order valence-electron chi connectivity index (χ0n) is 9.67. The molecule has 1 heterocycles. The zero-order valence-corrected chi connectivity index (χ0v) is 10.4. The molecule has 0 bridgehead atoms. The van der Waals surface area contributed by atoms with Crippen LogP contribution in [0.3, 0.4) is 0 Å². The summed E-state index contributed by atoms with van der Waals surface area (Å²) < 4.78 is 1.82. The molecule has 0 aliphatic heterocycles. The van der Waals surface area contributed by atoms with Crippen molar-refractivity contribution in [2.45, 2.75) is 25.3 Å². The van der Waals surface area contributed by atoms with Crippen molar-refractivity contribution >= 4 is 11.6 Å². The summed E-state index contributed by atoms with van der Waals surface area (Å²) in [4.78, 5) is 0. The van der Waals surface area contributed by atoms with Gasteiger partial charge in [0.05, 0.1) is 12.2 Å². The van der Waals surface area contributed by atoms with E-state index < -0.39 is 0 Å². The van der Waals surface area contributed by atoms with E-state index in [1.807, 2.05) is 28.9 Å². The lowest BCUT2D eigenvalue weighted by atomic mass is 10.2. The van der Waals surface area contributed by atoms with Gasteiger partial charge in [-0.15, -0.1) is 5.10 Å². The first-order chi connectivity index (χ1) is 8.78. The molecule has 0 atom stereocenters. The first-order valence-electron chi connectivity index (χ1n) is 5.86. The molecule has 3 rings (SSSR count). The topological polar surface area (TPSA) is 54.5 Å². The van der Waals surface area contributed by atoms with Crippen molar-refractivity contribution in [2.75, 3.05) is 0 Å². The summed E-state index contributed by atoms with van der Waals surface area (Å²) in [5.41, 5.74) is 2.50. The summed E-state index contributed by atoms with van der Waals surface area (Å²) in [5, 5.41) is 17.7. The monoisotopic (exact) mass is 258 g/mol. The van der Waals surface area contributed by atoms with Crippen LogP contribution in [0.1, 0.15) is 35.7 Å². The number of benzene rings is 1. The maximum absolute atomic E-state index is 9.03. The molecule has 0 saturated heterocycles. The number of hydrogen-bond donors (Lipinski definition) is 0. The smallest absolute Gasteiger partial charge is 0.186 e. The molecule has 1 aromatic carbocycles. The van der Waals surface area contributed by atoms with Gasteiger partial charge in [0.2, 0.25) is 0 Å². The van der Waals surface area contributed by atoms with Gasteiger partial charge in [0, 0.05) is 10.9 Å². The zero-order chi connectivity index (χ0) is 12.5. The first kappa shape index (κ1) is 11.2. The maximum Gasteiger partial charge on any atom is 0.186 e. The number of aromatic nitrogens is 3. The molecule has 1 fully saturated rings. The number of nitrogens with zero attached hydrogens (tertiary/aromatic N) is 4. The predicted molar refractivity (Wildman–Crippen MR) is 67.3 cm³/mol. The van der Waals surface area contributed by atoms with Gasteiger partial charge in [-0.3, -0.25) is 0 Å². The number of hydrogen-bond acceptors (Lipinski definition) is 3. The summed E-state index contributed by atoms with van der Waals surface area (Å²) in [6.07, 6.45) is 2.25. The molecule has 1 aliphatic rings. The van der Waals surface area contributed by atoms with Crippen molar-refractivity contribution in [2.24, 2.45) is 0 Å². The van der Waals surface area contributed by atoms with Crippen LogP contribution < -0.4 is 0 Å². The Morgan fingerprint density at radius 3 is 2.94 bits per heavy atom. The van der Waals surface area contributed by atoms with Gasteiger partial charge >= 0.3 is 0 Å². The number of nitriles is 1. The van der Waals surface area contributed by atoms with E-state index >= 15 is 0 Å². The largest absolute Gasteiger partial charge is 0.243 e. The average Bonchev–Trinajstić information content (AvgIpc) is 3.11. The molecular weight excluding hydrogens is 248 g/mol. The Kier molecular flexibility index (Phi) is 2.77. The SMILES string of the molecule is N#Cc1nnn(Cc2cccc(Cl)c2)c1C1CC1. The van der Waals surface area contributed by atoms with Crippen molar-refractivity contribution < 1.29 is 0 Å². The number of halogens is 1. The second-order valence-electron chi connectivity index (χ2n) is 4.50. The molecule has 18 heavy (non-hydrogen) atoms. The highest BCUT2D eigenvalue weighted by Crippen LogP contribution is 2.41. The molecule has 0 N–H and O–H groups in total. The van der Waals surface area contributed by atoms with Gasteiger partial charge in [-0.1, -0.05) is 28.9 Å². The van der Waals surface area contributed by atoms with E-state index in [0.29, 0.717) is 23.2 Å². The molecule has 4 nitrogen and oxygen atoms in total. The van der Waals surface area contributed by atoms with Crippen LogP contribution in [0.15, 0.2) is 24.3 Å². The minimum absolute atomic E-state index is 0.453. The fourth-order valence-corrected chi connectivity index (χ4v) is 2.30. The lowest BCUT2D eigenvalue weighted by Crippen LogP contribution is -2.06. The molecule has 1 saturated carbocycles. The highest BCUT2D eigenvalue weighted by Gasteiger charge is 2.31. The van der Waals surface area contributed by atoms with E-state index in [-0.39, 0.29) is 0 Å². The van der Waals surface area contributed by atoms with Crippen LogP contribution in [0.4, 0.5) is 0 Å². The summed E-state index contributed by atoms with van der Waals surface area (Å²) in [6.45, 7) is 0.612. The third kappa shape index (κ3) is 2.09. The Labute approximate surface area is 110 Å². The summed E-state index contributed by atoms with van der Waals surface area (Å²) in [7, 11) is 0. The van der Waals surface area contributed by atoms with Gasteiger partial charge in [-0.2, -0.15) is 5.26 Å². The van der Waals surface area contributed by atoms with Crippen molar-refractivity contribution in [1.82, 2.24) is 15.0 Å². The standard InChI is InChI=1S/C13H11ClN4/c14-11-3-1-2-9(6-11)8-18-13(10-4-5-10)12(7-15)16-17-18/h1-3,6,10H,4-5,8H2. The Hall–Kier alpha value is -1.86. The predicted octanol–water partition coefficient (Wildman–Crippen LogP) is 2.73. The van der Waals surface area contributed by atoms with Gasteiger partial charge in [0.1, 0.15) is 6.07 Å². The average molecular weight is 259 g/mol. The van der Waals surface area contributed by atoms with E-state index in [9.17, 15) is 0 Å². The van der Waals surface area contributed by atoms with Crippen LogP contribution in [-0.4, -0.2) is 15.0 Å². The molecule has 0 unspecified atom stereocenters. The van der Waals surface area contributed by atoms with E-state index in [4.69, 9.17) is 16.9 Å². The van der Waals surface area contributed by atoms with Crippen LogP contribution in [0.5, 0.6) is 0 Å². The molecule has 1 aromatic heterocycles. The lowest BCUT2D eigenvalue weighted by molar-refractivity contribution is 0.619. The molecule has 1 aliphatic carbocycles. The first-order valence-corrected chi connectivity index (χ1v) is 6.23. The van der Waals surface area contributed by atoms with Crippen LogP contribution in [0.25, 0.3) is 0 Å². The summed E-state index contributed by atoms with van der Waals surface area (Å²) in [5.74, 6) is 0.453. The van der Waals surface area contributed by atoms with Crippen molar-refractivity contribution in [3.05, 3.63) is 46.2 Å². The second-order valence-corrected chi connectivity index (χ2v) is 4.93. The molecule has 2 aromatic rings. The van der Waals surface area contributed by atoms with Crippen LogP contribution in [-0.2, 0) is 6.54 Å². The Morgan fingerprint density at radius 2 is 2.28 bits per heavy atom. The maximum atomic E-state index is 9.03. The van der Waals surface area contributed by atoms with Gasteiger partial charge in [-0.25, -0.2) is 4.68 Å². The van der Waals surface area contributed by atoms with Crippen LogP contribution >= 0.6 is 11.6 Å². The molecular formula is C13H11ClN4. The van der Waals surface area contributed by atoms with Gasteiger partial charge in [0.25, 0.3) is 0 Å². The van der Waals surface area contributed by atoms with Crippen molar-refractivity contribution in [3.8, 4) is 6.07 Å². The highest BCUT2D eigenvalue weighted by atomic mass is 35.5. The minimum Gasteiger partial charge on any atom is -0.243 e. The molecule has 0 amide bonds. The van der Waals surface area contributed by atoms with Crippen LogP contribution in [0, 0.1) is 11.3 Å².